The number of rotatable bonds is 2. The predicted octanol–water partition coefficient (Wildman–Crippen LogP) is 0.166. The van der Waals surface area contributed by atoms with E-state index in [1.54, 1.807) is 6.92 Å². The van der Waals surface area contributed by atoms with Crippen LogP contribution in [0, 0.1) is 0 Å². The van der Waals surface area contributed by atoms with Gasteiger partial charge in [-0.15, -0.1) is 0 Å². The van der Waals surface area contributed by atoms with Crippen LogP contribution in [0.15, 0.2) is 0 Å². The van der Waals surface area contributed by atoms with Gasteiger partial charge in [-0.1, -0.05) is 0 Å². The maximum absolute atomic E-state index is 11.1. The van der Waals surface area contributed by atoms with E-state index in [4.69, 9.17) is 28.4 Å². The van der Waals surface area contributed by atoms with E-state index >= 15 is 0 Å². The van der Waals surface area contributed by atoms with E-state index in [-0.39, 0.29) is 30.9 Å². The molecule has 0 N–H and O–H groups in total. The van der Waals surface area contributed by atoms with Crippen molar-refractivity contribution in [1.82, 2.24) is 0 Å². The zero-order valence-electron chi connectivity index (χ0n) is 11.1. The summed E-state index contributed by atoms with van der Waals surface area (Å²) in [7, 11) is 0. The van der Waals surface area contributed by atoms with Gasteiger partial charge in [-0.3, -0.25) is 4.79 Å². The number of hydrogen-bond donors (Lipinski definition) is 0. The maximum atomic E-state index is 11.1. The summed E-state index contributed by atoms with van der Waals surface area (Å²) in [4.78, 5) is 11.1. The molecule has 19 heavy (non-hydrogen) atoms. The zero-order chi connectivity index (χ0) is 13.6. The number of carbonyl (C=O) groups is 1. The van der Waals surface area contributed by atoms with Gasteiger partial charge in [0.05, 0.1) is 6.61 Å². The largest absolute Gasteiger partial charge is 0.433 e. The quantitative estimate of drug-likeness (QED) is 0.664. The molecule has 0 bridgehead atoms. The van der Waals surface area contributed by atoms with Crippen molar-refractivity contribution in [3.63, 3.8) is 0 Å². The van der Waals surface area contributed by atoms with Crippen LogP contribution in [0.1, 0.15) is 20.8 Å². The van der Waals surface area contributed by atoms with Crippen molar-refractivity contribution >= 4 is 5.97 Å². The van der Waals surface area contributed by atoms with Gasteiger partial charge in [0.2, 0.25) is 6.29 Å². The molecule has 0 spiro atoms. The highest BCUT2D eigenvalue weighted by atomic mass is 16.8. The summed E-state index contributed by atoms with van der Waals surface area (Å²) in [5.74, 6) is -0.412. The van der Waals surface area contributed by atoms with Crippen LogP contribution in [-0.2, 0) is 33.2 Å². The van der Waals surface area contributed by atoms with Crippen LogP contribution in [0.25, 0.3) is 0 Å². The molecule has 108 valence electrons. The van der Waals surface area contributed by atoms with Crippen LogP contribution in [0.4, 0.5) is 0 Å². The highest BCUT2D eigenvalue weighted by Gasteiger charge is 2.56. The molecular formula is C12H18O7. The minimum absolute atomic E-state index is 0.239. The van der Waals surface area contributed by atoms with Gasteiger partial charge in [0.15, 0.2) is 18.7 Å². The minimum Gasteiger partial charge on any atom is -0.433 e. The van der Waals surface area contributed by atoms with E-state index in [1.807, 2.05) is 6.92 Å². The van der Waals surface area contributed by atoms with Crippen molar-refractivity contribution < 1.29 is 33.2 Å². The molecule has 3 fully saturated rings. The molecule has 3 saturated heterocycles. The summed E-state index contributed by atoms with van der Waals surface area (Å²) in [6.45, 7) is 5.39. The van der Waals surface area contributed by atoms with Crippen LogP contribution < -0.4 is 0 Å². The Kier molecular flexibility index (Phi) is 3.48. The second-order valence-corrected chi connectivity index (χ2v) is 4.92. The van der Waals surface area contributed by atoms with Crippen molar-refractivity contribution in [2.75, 3.05) is 6.61 Å². The summed E-state index contributed by atoms with van der Waals surface area (Å²) in [5.41, 5.74) is 0. The molecule has 7 atom stereocenters. The first kappa shape index (κ1) is 13.3. The maximum Gasteiger partial charge on any atom is 0.305 e. The summed E-state index contributed by atoms with van der Waals surface area (Å²) in [6, 6.07) is 0. The van der Waals surface area contributed by atoms with E-state index < -0.39 is 18.4 Å². The fourth-order valence-corrected chi connectivity index (χ4v) is 2.71. The first-order valence-electron chi connectivity index (χ1n) is 6.45. The smallest absolute Gasteiger partial charge is 0.305 e. The Morgan fingerprint density at radius 3 is 2.37 bits per heavy atom. The molecule has 3 aliphatic heterocycles. The van der Waals surface area contributed by atoms with Gasteiger partial charge in [0, 0.05) is 6.92 Å². The monoisotopic (exact) mass is 274 g/mol. The topological polar surface area (TPSA) is 72.5 Å². The molecule has 0 amide bonds. The summed E-state index contributed by atoms with van der Waals surface area (Å²) < 4.78 is 33.1. The summed E-state index contributed by atoms with van der Waals surface area (Å²) in [6.07, 6.45) is -2.68. The van der Waals surface area contributed by atoms with Gasteiger partial charge in [-0.2, -0.15) is 0 Å². The van der Waals surface area contributed by atoms with Crippen molar-refractivity contribution in [1.29, 1.82) is 0 Å². The lowest BCUT2D eigenvalue weighted by Crippen LogP contribution is -2.39. The van der Waals surface area contributed by atoms with E-state index in [0.717, 1.165) is 0 Å². The molecular weight excluding hydrogens is 256 g/mol. The lowest BCUT2D eigenvalue weighted by atomic mass is 10.1. The third-order valence-electron chi connectivity index (χ3n) is 3.41. The highest BCUT2D eigenvalue weighted by Crippen LogP contribution is 2.37. The van der Waals surface area contributed by atoms with Gasteiger partial charge >= 0.3 is 5.97 Å². The molecule has 3 heterocycles. The Morgan fingerprint density at radius 2 is 1.74 bits per heavy atom. The SMILES string of the molecule is CC(=O)O[C@@H]1O[C@H]([C@H]2CO[C@@H](C)O2)[C@H]2O[C@@H](C)O[C@@H]12. The second-order valence-electron chi connectivity index (χ2n) is 4.92. The summed E-state index contributed by atoms with van der Waals surface area (Å²) in [5, 5.41) is 0. The van der Waals surface area contributed by atoms with Crippen LogP contribution in [0.2, 0.25) is 0 Å². The normalized spacial score (nSPS) is 49.3. The number of ether oxygens (including phenoxy) is 6. The Bertz CT molecular complexity index is 360. The Morgan fingerprint density at radius 1 is 1.00 bits per heavy atom. The first-order chi connectivity index (χ1) is 9.04. The fraction of sp³-hybridized carbons (Fsp3) is 0.917. The summed E-state index contributed by atoms with van der Waals surface area (Å²) >= 11 is 0. The van der Waals surface area contributed by atoms with Crippen LogP contribution in [-0.4, -0.2) is 55.9 Å². The van der Waals surface area contributed by atoms with Crippen LogP contribution in [0.3, 0.4) is 0 Å². The third kappa shape index (κ3) is 2.48. The second kappa shape index (κ2) is 4.99. The minimum atomic E-state index is -0.753. The number of fused-ring (bicyclic) bond motifs is 1. The Labute approximate surface area is 111 Å². The van der Waals surface area contributed by atoms with Gasteiger partial charge in [0.1, 0.15) is 18.3 Å². The van der Waals surface area contributed by atoms with Crippen molar-refractivity contribution in [2.45, 2.75) is 64.1 Å². The molecule has 0 radical (unpaired) electrons. The molecule has 0 aromatic carbocycles. The van der Waals surface area contributed by atoms with E-state index in [1.165, 1.54) is 6.92 Å². The van der Waals surface area contributed by atoms with E-state index in [9.17, 15) is 4.79 Å². The zero-order valence-corrected chi connectivity index (χ0v) is 11.1. The van der Waals surface area contributed by atoms with Gasteiger partial charge in [0.25, 0.3) is 0 Å². The molecule has 3 rings (SSSR count). The van der Waals surface area contributed by atoms with E-state index in [0.29, 0.717) is 6.61 Å². The van der Waals surface area contributed by atoms with E-state index in [2.05, 4.69) is 0 Å². The average molecular weight is 274 g/mol. The number of carbonyl (C=O) groups excluding carboxylic acids is 1. The molecule has 3 aliphatic rings. The third-order valence-corrected chi connectivity index (χ3v) is 3.41. The van der Waals surface area contributed by atoms with Crippen LogP contribution >= 0.6 is 0 Å². The van der Waals surface area contributed by atoms with Crippen molar-refractivity contribution in [3.8, 4) is 0 Å². The van der Waals surface area contributed by atoms with Gasteiger partial charge in [-0.05, 0) is 13.8 Å². The average Bonchev–Trinajstić information content (AvgIpc) is 2.96. The standard InChI is InChI=1S/C12H18O7/c1-5(13)15-12-11-10(17-7(3)18-11)9(19-12)8-4-14-6(2)16-8/h6-12H,4H2,1-3H3/t6-,7-,8-,9-,10-,11-,12-/m1/s1. The lowest BCUT2D eigenvalue weighted by Gasteiger charge is -2.22. The fourth-order valence-electron chi connectivity index (χ4n) is 2.71. The first-order valence-corrected chi connectivity index (χ1v) is 6.45. The molecule has 7 nitrogen and oxygen atoms in total. The highest BCUT2D eigenvalue weighted by molar-refractivity contribution is 5.66. The predicted molar refractivity (Wildman–Crippen MR) is 59.9 cm³/mol. The van der Waals surface area contributed by atoms with Gasteiger partial charge < -0.3 is 28.4 Å². The number of hydrogen-bond acceptors (Lipinski definition) is 7. The molecule has 0 aliphatic carbocycles. The number of esters is 1. The Balaban J connectivity index is 1.72. The molecule has 0 aromatic rings. The van der Waals surface area contributed by atoms with Crippen molar-refractivity contribution in [3.05, 3.63) is 0 Å². The van der Waals surface area contributed by atoms with Gasteiger partial charge in [-0.25, -0.2) is 0 Å². The van der Waals surface area contributed by atoms with Crippen LogP contribution in [0.5, 0.6) is 0 Å². The Hall–Kier alpha value is -0.730. The molecule has 0 saturated carbocycles. The van der Waals surface area contributed by atoms with Crippen molar-refractivity contribution in [2.24, 2.45) is 0 Å². The lowest BCUT2D eigenvalue weighted by molar-refractivity contribution is -0.216. The molecule has 0 aromatic heterocycles. The molecule has 0 unspecified atom stereocenters. The molecule has 7 heteroatoms.